The van der Waals surface area contributed by atoms with E-state index in [9.17, 15) is 30.3 Å². The Morgan fingerprint density at radius 3 is 2.23 bits per heavy atom. The first kappa shape index (κ1) is 64.7. The van der Waals surface area contributed by atoms with E-state index in [0.717, 1.165) is 48.7 Å². The molecule has 20 atom stereocenters. The van der Waals surface area contributed by atoms with E-state index in [2.05, 4.69) is 26.6 Å². The van der Waals surface area contributed by atoms with Crippen molar-refractivity contribution in [1.29, 1.82) is 0 Å². The second kappa shape index (κ2) is 27.5. The van der Waals surface area contributed by atoms with E-state index in [0.29, 0.717) is 31.6 Å². The number of alkyl halides is 1. The molecule has 0 radical (unpaired) electrons. The number of rotatable bonds is 16. The summed E-state index contributed by atoms with van der Waals surface area (Å²) in [4.78, 5) is 25.6. The highest BCUT2D eigenvalue weighted by molar-refractivity contribution is 5.73. The van der Waals surface area contributed by atoms with Crippen LogP contribution in [0.25, 0.3) is 11.1 Å². The SMILES string of the molecule is CC[C@H]1OC(=O)[C@H](C)C([C@H]2C[C@@](C)(OC)[C@@H](O)[C@H](C)O2)[C@H](C)[C@@H](O[C@@H]2O[C@H](C)C[C@H](N(C)CCc3cn([C@H](CF)[C@H](OC)c4ccc(-c5ccc(N6CCNCC6)nc5)cc4)nn3)[C@H]2O)[C@](C)(O)C[C@@H](C)CN(C)[C@H](C)[C@@H](O)[C@]1(C)O. The third-order valence-corrected chi connectivity index (χ3v) is 18.6. The molecule has 6 N–H and O–H groups in total. The predicted molar refractivity (Wildman–Crippen MR) is 305 cm³/mol. The molecule has 456 valence electrons. The van der Waals surface area contributed by atoms with Crippen LogP contribution >= 0.6 is 0 Å². The summed E-state index contributed by atoms with van der Waals surface area (Å²) in [5, 5.41) is 72.7. The molecule has 0 spiro atoms. The van der Waals surface area contributed by atoms with Crippen molar-refractivity contribution in [1.82, 2.24) is 35.1 Å². The van der Waals surface area contributed by atoms with Crippen LogP contribution in [0, 0.1) is 23.7 Å². The van der Waals surface area contributed by atoms with E-state index in [1.807, 2.05) is 81.2 Å². The highest BCUT2D eigenvalue weighted by atomic mass is 19.1. The topological polar surface area (TPSA) is 239 Å². The van der Waals surface area contributed by atoms with Crippen molar-refractivity contribution in [2.24, 2.45) is 23.7 Å². The fourth-order valence-electron chi connectivity index (χ4n) is 13.6. The molecule has 81 heavy (non-hydrogen) atoms. The highest BCUT2D eigenvalue weighted by Crippen LogP contribution is 2.45. The average Bonchev–Trinajstić information content (AvgIpc) is 3.97. The van der Waals surface area contributed by atoms with Crippen LogP contribution in [0.15, 0.2) is 48.8 Å². The number of benzene rings is 1. The van der Waals surface area contributed by atoms with E-state index < -0.39 is 127 Å². The summed E-state index contributed by atoms with van der Waals surface area (Å²) >= 11 is 0. The molecule has 4 fully saturated rings. The number of ether oxygens (including phenoxy) is 6. The average molecular weight is 1140 g/mol. The Morgan fingerprint density at radius 1 is 0.938 bits per heavy atom. The molecule has 21 heteroatoms. The number of aromatic nitrogens is 4. The quantitative estimate of drug-likeness (QED) is 0.106. The third-order valence-electron chi connectivity index (χ3n) is 18.6. The van der Waals surface area contributed by atoms with Crippen LogP contribution in [0.3, 0.4) is 0 Å². The number of piperazine rings is 1. The van der Waals surface area contributed by atoms with Gasteiger partial charge in [0, 0.05) is 102 Å². The van der Waals surface area contributed by atoms with Gasteiger partial charge in [-0.25, -0.2) is 14.1 Å². The van der Waals surface area contributed by atoms with E-state index >= 15 is 4.39 Å². The molecule has 20 nitrogen and oxygen atoms in total. The van der Waals surface area contributed by atoms with Gasteiger partial charge in [0.05, 0.1) is 47.2 Å². The van der Waals surface area contributed by atoms with Gasteiger partial charge in [-0.1, -0.05) is 57.2 Å². The van der Waals surface area contributed by atoms with Gasteiger partial charge < -0.3 is 74.0 Å². The number of carbonyl (C=O) groups is 1. The number of cyclic esters (lactones) is 1. The van der Waals surface area contributed by atoms with Crippen molar-refractivity contribution in [2.45, 2.75) is 197 Å². The van der Waals surface area contributed by atoms with Gasteiger partial charge in [-0.3, -0.25) is 4.79 Å². The molecule has 1 unspecified atom stereocenters. The summed E-state index contributed by atoms with van der Waals surface area (Å²) in [5.41, 5.74) is -1.17. The number of nitrogens with one attached hydrogen (secondary N) is 1. The Hall–Kier alpha value is -3.81. The second-order valence-corrected chi connectivity index (χ2v) is 24.8. The molecule has 0 aliphatic carbocycles. The molecule has 2 aromatic heterocycles. The normalized spacial score (nSPS) is 38.0. The summed E-state index contributed by atoms with van der Waals surface area (Å²) < 4.78 is 54.9. The van der Waals surface area contributed by atoms with Crippen LogP contribution in [0.4, 0.5) is 10.2 Å². The maximum absolute atomic E-state index is 15.1. The van der Waals surface area contributed by atoms with Crippen LogP contribution in [0.1, 0.15) is 118 Å². The number of aliphatic hydroxyl groups excluding tert-OH is 3. The number of carbonyl (C=O) groups excluding carboxylic acids is 1. The molecule has 3 aromatic rings. The fourth-order valence-corrected chi connectivity index (χ4v) is 13.6. The first-order valence-corrected chi connectivity index (χ1v) is 29.4. The van der Waals surface area contributed by atoms with Crippen molar-refractivity contribution in [2.75, 3.05) is 79.2 Å². The van der Waals surface area contributed by atoms with Gasteiger partial charge in [0.25, 0.3) is 0 Å². The van der Waals surface area contributed by atoms with Crippen LogP contribution in [0.5, 0.6) is 0 Å². The Kier molecular flexibility index (Phi) is 22.0. The zero-order chi connectivity index (χ0) is 59.3. The number of nitrogens with zero attached hydrogens (tertiary/aromatic N) is 7. The lowest BCUT2D eigenvalue weighted by atomic mass is 9.68. The first-order valence-electron chi connectivity index (χ1n) is 29.4. The predicted octanol–water partition coefficient (Wildman–Crippen LogP) is 4.75. The maximum atomic E-state index is 15.1. The molecule has 7 rings (SSSR count). The van der Waals surface area contributed by atoms with E-state index in [1.165, 1.54) is 18.7 Å². The van der Waals surface area contributed by atoms with Gasteiger partial charge in [0.1, 0.15) is 54.7 Å². The maximum Gasteiger partial charge on any atom is 0.309 e. The van der Waals surface area contributed by atoms with Crippen molar-refractivity contribution >= 4 is 11.8 Å². The summed E-state index contributed by atoms with van der Waals surface area (Å²) in [7, 11) is 6.83. The second-order valence-electron chi connectivity index (χ2n) is 24.8. The Labute approximate surface area is 479 Å². The number of halogens is 1. The molecule has 6 heterocycles. The zero-order valence-electron chi connectivity index (χ0n) is 50.5. The number of esters is 1. The third kappa shape index (κ3) is 14.7. The van der Waals surface area contributed by atoms with Gasteiger partial charge in [-0.15, -0.1) is 5.10 Å². The van der Waals surface area contributed by atoms with Gasteiger partial charge >= 0.3 is 5.97 Å². The zero-order valence-corrected chi connectivity index (χ0v) is 50.5. The van der Waals surface area contributed by atoms with Crippen LogP contribution in [-0.4, -0.2) is 220 Å². The Balaban J connectivity index is 1.10. The van der Waals surface area contributed by atoms with Crippen LogP contribution in [-0.2, 0) is 39.6 Å². The molecule has 4 saturated heterocycles. The molecule has 0 bridgehead atoms. The number of methoxy groups -OCH3 is 2. The molecule has 1 aromatic carbocycles. The van der Waals surface area contributed by atoms with Gasteiger partial charge in [0.15, 0.2) is 6.29 Å². The summed E-state index contributed by atoms with van der Waals surface area (Å²) in [6.07, 6.45) is -4.38. The number of pyridine rings is 1. The van der Waals surface area contributed by atoms with Crippen molar-refractivity contribution in [3.8, 4) is 11.1 Å². The van der Waals surface area contributed by atoms with Gasteiger partial charge in [-0.2, -0.15) is 0 Å². The molecule has 0 amide bonds. The number of aliphatic hydroxyl groups is 5. The number of hydrogen-bond donors (Lipinski definition) is 6. The number of hydrogen-bond acceptors (Lipinski definition) is 19. The largest absolute Gasteiger partial charge is 0.459 e. The van der Waals surface area contributed by atoms with E-state index in [-0.39, 0.29) is 25.2 Å². The minimum atomic E-state index is -1.83. The lowest BCUT2D eigenvalue weighted by Crippen LogP contribution is -2.62. The molecule has 4 aliphatic rings. The summed E-state index contributed by atoms with van der Waals surface area (Å²) in [6.45, 7) is 21.6. The monoisotopic (exact) mass is 1140 g/mol. The van der Waals surface area contributed by atoms with Gasteiger partial charge in [-0.05, 0) is 110 Å². The lowest BCUT2D eigenvalue weighted by Gasteiger charge is -2.51. The lowest BCUT2D eigenvalue weighted by molar-refractivity contribution is -0.302. The summed E-state index contributed by atoms with van der Waals surface area (Å²) in [5.74, 6) is -2.32. The Bertz CT molecular complexity index is 2440. The standard InChI is InChI=1S/C60H97FN8O12/c1-15-48-60(10,75)53(71)39(6)67(12)33-35(2)29-58(8,74)55(37(4)50(38(5)56(73)80-48)47-30-59(9,77-14)54(72)40(7)79-47)81-57-51(70)45(28-36(3)78-57)66(11)25-22-44-34-69(65-64-44)46(31-61)52(76-13)42-18-16-41(17-19-42)43-20-21-49(63-32-43)68-26-23-62-24-27-68/h16-21,32,34-40,45-48,50-55,57,62,70-72,74-75H,15,22-31,33H2,1-14H3/t35-,36-,37+,38-,39-,40+,45+,46-,47-,48-,50?,51-,52-,53-,54+,55-,57+,58-,59-,60-/m1/s1. The number of likely N-dealkylation sites (N-methyl/N-ethyl adjacent to an activating group) is 2. The molecular weight excluding hydrogens is 1040 g/mol. The smallest absolute Gasteiger partial charge is 0.309 e. The molecule has 0 saturated carbocycles. The van der Waals surface area contributed by atoms with Crippen LogP contribution in [0.2, 0.25) is 0 Å². The van der Waals surface area contributed by atoms with E-state index in [4.69, 9.17) is 33.4 Å². The van der Waals surface area contributed by atoms with Crippen molar-refractivity contribution in [3.05, 3.63) is 60.0 Å². The summed E-state index contributed by atoms with van der Waals surface area (Å²) in [6, 6.07) is 10.1. The first-order chi connectivity index (χ1) is 38.3. The van der Waals surface area contributed by atoms with Crippen LogP contribution < -0.4 is 10.2 Å². The molecular formula is C60H97FN8O12. The molecule has 4 aliphatic heterocycles. The van der Waals surface area contributed by atoms with E-state index in [1.54, 1.807) is 54.8 Å². The van der Waals surface area contributed by atoms with Crippen molar-refractivity contribution in [3.63, 3.8) is 0 Å². The highest BCUT2D eigenvalue weighted by Gasteiger charge is 2.55. The Morgan fingerprint density at radius 2 is 1.62 bits per heavy atom. The van der Waals surface area contributed by atoms with Gasteiger partial charge in [0.2, 0.25) is 0 Å². The number of anilines is 1. The van der Waals surface area contributed by atoms with Crippen molar-refractivity contribution < 1.29 is 63.1 Å². The minimum absolute atomic E-state index is 0.171. The minimum Gasteiger partial charge on any atom is -0.459 e. The fraction of sp³-hybridized carbons (Fsp3) is 0.767.